The van der Waals surface area contributed by atoms with Crippen molar-refractivity contribution in [2.24, 2.45) is 0 Å². The largest absolute Gasteiger partial charge is 0.456 e. The highest BCUT2D eigenvalue weighted by atomic mass is 16.5. The molecule has 2 nitrogen and oxygen atoms in total. The Labute approximate surface area is 230 Å². The van der Waals surface area contributed by atoms with Crippen LogP contribution in [0.15, 0.2) is 138 Å². The van der Waals surface area contributed by atoms with E-state index in [0.717, 1.165) is 49.8 Å². The molecule has 2 heterocycles. The minimum Gasteiger partial charge on any atom is -0.456 e. The number of furan rings is 1. The zero-order valence-corrected chi connectivity index (χ0v) is 21.5. The highest BCUT2D eigenvalue weighted by molar-refractivity contribution is 6.20. The molecule has 9 rings (SSSR count). The van der Waals surface area contributed by atoms with Crippen LogP contribution in [0.25, 0.3) is 76.9 Å². The third-order valence-corrected chi connectivity index (χ3v) is 8.25. The summed E-state index contributed by atoms with van der Waals surface area (Å²) in [6.07, 6.45) is 0. The Morgan fingerprint density at radius 3 is 2.08 bits per heavy atom. The van der Waals surface area contributed by atoms with Gasteiger partial charge in [-0.2, -0.15) is 0 Å². The third kappa shape index (κ3) is 2.99. The van der Waals surface area contributed by atoms with Crippen molar-refractivity contribution in [2.75, 3.05) is 0 Å². The Morgan fingerprint density at radius 1 is 0.400 bits per heavy atom. The standard InChI is InChI=1S/C38H22O2/c1-2-12-27-23(9-1)19-20-31-37-30(15-8-18-35(37)40-38(27)31)28-13-4-3-11-26(28)25-21-24-10-7-17-34-36(24)32(22-25)29-14-5-6-16-33(29)39-34/h1-22H. The van der Waals surface area contributed by atoms with Crippen molar-refractivity contribution in [3.63, 3.8) is 0 Å². The molecule has 0 aliphatic carbocycles. The highest BCUT2D eigenvalue weighted by Gasteiger charge is 2.22. The van der Waals surface area contributed by atoms with Crippen molar-refractivity contribution in [3.8, 4) is 44.9 Å². The zero-order chi connectivity index (χ0) is 26.2. The maximum absolute atomic E-state index is 6.51. The number of ether oxygens (including phenoxy) is 1. The molecule has 1 aliphatic heterocycles. The second-order valence-electron chi connectivity index (χ2n) is 10.5. The first-order chi connectivity index (χ1) is 19.8. The lowest BCUT2D eigenvalue weighted by atomic mass is 9.87. The van der Waals surface area contributed by atoms with Crippen LogP contribution in [0.4, 0.5) is 0 Å². The average molecular weight is 511 g/mol. The Morgan fingerprint density at radius 2 is 1.12 bits per heavy atom. The predicted octanol–water partition coefficient (Wildman–Crippen LogP) is 11.0. The fourth-order valence-corrected chi connectivity index (χ4v) is 6.49. The molecular weight excluding hydrogens is 488 g/mol. The Kier molecular flexibility index (Phi) is 4.36. The number of rotatable bonds is 2. The molecule has 0 fully saturated rings. The van der Waals surface area contributed by atoms with Crippen molar-refractivity contribution in [2.45, 2.75) is 0 Å². The molecule has 1 aromatic heterocycles. The van der Waals surface area contributed by atoms with Gasteiger partial charge in [-0.3, -0.25) is 0 Å². The minimum absolute atomic E-state index is 0.898. The normalized spacial score (nSPS) is 12.2. The van der Waals surface area contributed by atoms with Crippen molar-refractivity contribution >= 4 is 43.5 Å². The molecule has 0 saturated carbocycles. The van der Waals surface area contributed by atoms with Crippen molar-refractivity contribution < 1.29 is 9.15 Å². The quantitative estimate of drug-likeness (QED) is 0.231. The van der Waals surface area contributed by atoms with Crippen LogP contribution in [-0.4, -0.2) is 0 Å². The van der Waals surface area contributed by atoms with Gasteiger partial charge in [0, 0.05) is 27.1 Å². The van der Waals surface area contributed by atoms with Crippen LogP contribution in [-0.2, 0) is 0 Å². The summed E-state index contributed by atoms with van der Waals surface area (Å²) in [4.78, 5) is 0. The van der Waals surface area contributed by atoms with Crippen molar-refractivity contribution in [3.05, 3.63) is 133 Å². The fraction of sp³-hybridized carbons (Fsp3) is 0. The maximum atomic E-state index is 6.51. The van der Waals surface area contributed by atoms with E-state index in [4.69, 9.17) is 9.15 Å². The van der Waals surface area contributed by atoms with Gasteiger partial charge in [0.25, 0.3) is 0 Å². The first-order valence-corrected chi connectivity index (χ1v) is 13.6. The Balaban J connectivity index is 1.33. The lowest BCUT2D eigenvalue weighted by Gasteiger charge is -2.22. The number of hydrogen-bond acceptors (Lipinski definition) is 2. The van der Waals surface area contributed by atoms with Crippen molar-refractivity contribution in [1.29, 1.82) is 0 Å². The van der Waals surface area contributed by atoms with E-state index in [-0.39, 0.29) is 0 Å². The van der Waals surface area contributed by atoms with Gasteiger partial charge in [0.2, 0.25) is 0 Å². The second-order valence-corrected chi connectivity index (χ2v) is 10.5. The molecule has 40 heavy (non-hydrogen) atoms. The molecule has 7 aromatic carbocycles. The van der Waals surface area contributed by atoms with Gasteiger partial charge < -0.3 is 9.15 Å². The van der Waals surface area contributed by atoms with E-state index in [1.54, 1.807) is 0 Å². The molecular formula is C38H22O2. The molecule has 0 spiro atoms. The molecule has 2 heteroatoms. The molecule has 186 valence electrons. The summed E-state index contributed by atoms with van der Waals surface area (Å²) in [7, 11) is 0. The smallest absolute Gasteiger partial charge is 0.143 e. The van der Waals surface area contributed by atoms with Gasteiger partial charge in [-0.15, -0.1) is 0 Å². The van der Waals surface area contributed by atoms with Crippen LogP contribution in [0.5, 0.6) is 11.5 Å². The van der Waals surface area contributed by atoms with Gasteiger partial charge in [-0.1, -0.05) is 97.1 Å². The van der Waals surface area contributed by atoms with Gasteiger partial charge in [0.15, 0.2) is 0 Å². The van der Waals surface area contributed by atoms with E-state index in [1.807, 2.05) is 12.1 Å². The fourth-order valence-electron chi connectivity index (χ4n) is 6.49. The number of hydrogen-bond donors (Lipinski definition) is 0. The number of benzene rings is 7. The molecule has 0 amide bonds. The van der Waals surface area contributed by atoms with Gasteiger partial charge >= 0.3 is 0 Å². The zero-order valence-electron chi connectivity index (χ0n) is 21.5. The first-order valence-electron chi connectivity index (χ1n) is 13.6. The molecule has 0 radical (unpaired) electrons. The molecule has 0 unspecified atom stereocenters. The monoisotopic (exact) mass is 510 g/mol. The molecule has 0 bridgehead atoms. The Bertz CT molecular complexity index is 2300. The summed E-state index contributed by atoms with van der Waals surface area (Å²) in [6, 6.07) is 47.2. The minimum atomic E-state index is 0.898. The third-order valence-electron chi connectivity index (χ3n) is 8.25. The van der Waals surface area contributed by atoms with Crippen LogP contribution >= 0.6 is 0 Å². The average Bonchev–Trinajstić information content (AvgIpc) is 3.41. The summed E-state index contributed by atoms with van der Waals surface area (Å²) in [5, 5.41) is 6.96. The van der Waals surface area contributed by atoms with Crippen LogP contribution in [0.2, 0.25) is 0 Å². The summed E-state index contributed by atoms with van der Waals surface area (Å²) in [6.45, 7) is 0. The Hall–Kier alpha value is -5.34. The summed E-state index contributed by atoms with van der Waals surface area (Å²) in [5.41, 5.74) is 8.92. The summed E-state index contributed by atoms with van der Waals surface area (Å²) >= 11 is 0. The van der Waals surface area contributed by atoms with Gasteiger partial charge in [0.1, 0.15) is 22.7 Å². The van der Waals surface area contributed by atoms with E-state index < -0.39 is 0 Å². The number of para-hydroxylation sites is 1. The van der Waals surface area contributed by atoms with E-state index in [2.05, 4.69) is 121 Å². The molecule has 0 N–H and O–H groups in total. The maximum Gasteiger partial charge on any atom is 0.143 e. The highest BCUT2D eigenvalue weighted by Crippen LogP contribution is 2.49. The molecule has 1 aliphatic rings. The SMILES string of the molecule is c1ccc2c(c1)Oc1cccc3cc(-c4ccccc4-c4cccc5oc6c7ccccc7ccc6c45)cc-2c13. The van der Waals surface area contributed by atoms with E-state index in [9.17, 15) is 0 Å². The van der Waals surface area contributed by atoms with E-state index >= 15 is 0 Å². The van der Waals surface area contributed by atoms with Gasteiger partial charge in [-0.05, 0) is 75.0 Å². The van der Waals surface area contributed by atoms with Gasteiger partial charge in [0.05, 0.1) is 0 Å². The first kappa shape index (κ1) is 21.6. The number of fused-ring (bicyclic) bond motifs is 7. The predicted molar refractivity (Wildman–Crippen MR) is 165 cm³/mol. The lowest BCUT2D eigenvalue weighted by molar-refractivity contribution is 0.487. The van der Waals surface area contributed by atoms with E-state index in [0.29, 0.717) is 0 Å². The van der Waals surface area contributed by atoms with Crippen LogP contribution in [0, 0.1) is 0 Å². The molecule has 0 saturated heterocycles. The van der Waals surface area contributed by atoms with Crippen LogP contribution in [0.3, 0.4) is 0 Å². The summed E-state index contributed by atoms with van der Waals surface area (Å²) in [5.74, 6) is 1.81. The van der Waals surface area contributed by atoms with Gasteiger partial charge in [-0.25, -0.2) is 0 Å². The topological polar surface area (TPSA) is 22.4 Å². The molecule has 0 atom stereocenters. The van der Waals surface area contributed by atoms with Crippen molar-refractivity contribution in [1.82, 2.24) is 0 Å². The van der Waals surface area contributed by atoms with E-state index in [1.165, 1.54) is 38.6 Å². The lowest BCUT2D eigenvalue weighted by Crippen LogP contribution is -1.97. The van der Waals surface area contributed by atoms with Crippen LogP contribution < -0.4 is 4.74 Å². The van der Waals surface area contributed by atoms with Crippen LogP contribution in [0.1, 0.15) is 0 Å². The second kappa shape index (κ2) is 8.08. The molecule has 8 aromatic rings. The summed E-state index contributed by atoms with van der Waals surface area (Å²) < 4.78 is 12.8.